The van der Waals surface area contributed by atoms with Gasteiger partial charge in [-0.15, -0.1) is 23.7 Å². The van der Waals surface area contributed by atoms with Gasteiger partial charge in [0.25, 0.3) is 5.91 Å². The Morgan fingerprint density at radius 1 is 1.30 bits per heavy atom. The molecule has 0 atom stereocenters. The van der Waals surface area contributed by atoms with Gasteiger partial charge < -0.3 is 15.0 Å². The molecule has 3 aliphatic rings. The zero-order valence-electron chi connectivity index (χ0n) is 13.4. The number of halogens is 1. The molecule has 1 aromatic rings. The first-order chi connectivity index (χ1) is 10.8. The van der Waals surface area contributed by atoms with Crippen molar-refractivity contribution in [2.75, 3.05) is 26.2 Å². The molecule has 4 nitrogen and oxygen atoms in total. The van der Waals surface area contributed by atoms with E-state index in [1.54, 1.807) is 11.3 Å². The van der Waals surface area contributed by atoms with E-state index in [2.05, 4.69) is 11.4 Å². The summed E-state index contributed by atoms with van der Waals surface area (Å²) in [6.45, 7) is 4.42. The lowest BCUT2D eigenvalue weighted by Crippen LogP contribution is -2.45. The van der Waals surface area contributed by atoms with Crippen molar-refractivity contribution in [2.45, 2.75) is 44.8 Å². The van der Waals surface area contributed by atoms with Gasteiger partial charge in [0.2, 0.25) is 0 Å². The second kappa shape index (κ2) is 7.51. The van der Waals surface area contributed by atoms with Gasteiger partial charge in [-0.1, -0.05) is 0 Å². The molecule has 1 saturated heterocycles. The van der Waals surface area contributed by atoms with E-state index in [-0.39, 0.29) is 18.3 Å². The summed E-state index contributed by atoms with van der Waals surface area (Å²) in [5.41, 5.74) is 1.22. The lowest BCUT2D eigenvalue weighted by molar-refractivity contribution is 0.0709. The Bertz CT molecular complexity index is 527. The number of fused-ring (bicyclic) bond motifs is 1. The molecule has 0 spiro atoms. The first kappa shape index (κ1) is 17.2. The van der Waals surface area contributed by atoms with E-state index < -0.39 is 0 Å². The molecule has 0 bridgehead atoms. The van der Waals surface area contributed by atoms with Crippen molar-refractivity contribution in [3.63, 3.8) is 0 Å². The molecule has 2 aliphatic heterocycles. The number of hydrogen-bond donors (Lipinski definition) is 1. The third-order valence-electron chi connectivity index (χ3n) is 5.01. The van der Waals surface area contributed by atoms with Crippen molar-refractivity contribution in [1.29, 1.82) is 0 Å². The number of hydrogen-bond acceptors (Lipinski definition) is 4. The van der Waals surface area contributed by atoms with E-state index in [1.165, 1.54) is 29.8 Å². The highest BCUT2D eigenvalue weighted by Crippen LogP contribution is 2.29. The van der Waals surface area contributed by atoms with Crippen molar-refractivity contribution < 1.29 is 9.53 Å². The predicted octanol–water partition coefficient (Wildman–Crippen LogP) is 2.85. The van der Waals surface area contributed by atoms with Gasteiger partial charge in [-0.2, -0.15) is 0 Å². The minimum Gasteiger partial charge on any atom is -0.376 e. The van der Waals surface area contributed by atoms with Crippen molar-refractivity contribution in [1.82, 2.24) is 10.2 Å². The van der Waals surface area contributed by atoms with Crippen molar-refractivity contribution in [2.24, 2.45) is 5.92 Å². The summed E-state index contributed by atoms with van der Waals surface area (Å²) in [7, 11) is 0. The van der Waals surface area contributed by atoms with E-state index in [9.17, 15) is 4.79 Å². The maximum Gasteiger partial charge on any atom is 0.263 e. The summed E-state index contributed by atoms with van der Waals surface area (Å²) in [5.74, 6) is 1.15. The van der Waals surface area contributed by atoms with Crippen LogP contribution in [0.3, 0.4) is 0 Å². The lowest BCUT2D eigenvalue weighted by Gasteiger charge is -2.32. The van der Waals surface area contributed by atoms with Crippen LogP contribution in [0, 0.1) is 5.92 Å². The molecule has 4 rings (SSSR count). The van der Waals surface area contributed by atoms with Crippen LogP contribution >= 0.6 is 23.7 Å². The largest absolute Gasteiger partial charge is 0.376 e. The Labute approximate surface area is 148 Å². The Balaban J connectivity index is 0.00000156. The molecular formula is C17H25ClN2O2S. The molecule has 1 amide bonds. The Morgan fingerprint density at radius 3 is 2.78 bits per heavy atom. The summed E-state index contributed by atoms with van der Waals surface area (Å²) in [6, 6.07) is 2.66. The van der Waals surface area contributed by atoms with Crippen LogP contribution in [-0.2, 0) is 17.8 Å². The molecule has 1 aliphatic carbocycles. The molecule has 23 heavy (non-hydrogen) atoms. The molecule has 0 radical (unpaired) electrons. The third-order valence-corrected chi connectivity index (χ3v) is 6.24. The number of nitrogens with one attached hydrogen (secondary N) is 1. The van der Waals surface area contributed by atoms with E-state index in [4.69, 9.17) is 4.74 Å². The smallest absolute Gasteiger partial charge is 0.263 e. The SMILES string of the molecule is Cl.O=C(c1cc2c(s1)CCOC2)N1CCC(NCC2CC2)CC1. The summed E-state index contributed by atoms with van der Waals surface area (Å²) < 4.78 is 5.47. The molecule has 1 aromatic heterocycles. The van der Waals surface area contributed by atoms with E-state index in [0.717, 1.165) is 49.8 Å². The maximum absolute atomic E-state index is 12.7. The highest BCUT2D eigenvalue weighted by molar-refractivity contribution is 7.14. The highest BCUT2D eigenvalue weighted by Gasteiger charge is 2.27. The van der Waals surface area contributed by atoms with Crippen molar-refractivity contribution in [3.8, 4) is 0 Å². The summed E-state index contributed by atoms with van der Waals surface area (Å²) >= 11 is 1.67. The van der Waals surface area contributed by atoms with Crippen LogP contribution in [0.25, 0.3) is 0 Å². The van der Waals surface area contributed by atoms with Gasteiger partial charge in [0.15, 0.2) is 0 Å². The maximum atomic E-state index is 12.7. The average Bonchev–Trinajstić information content (AvgIpc) is 3.29. The zero-order chi connectivity index (χ0) is 14.9. The number of ether oxygens (including phenoxy) is 1. The third kappa shape index (κ3) is 4.08. The second-order valence-electron chi connectivity index (χ2n) is 6.78. The van der Waals surface area contributed by atoms with Crippen LogP contribution in [0.1, 0.15) is 45.8 Å². The van der Waals surface area contributed by atoms with E-state index in [1.807, 2.05) is 4.90 Å². The topological polar surface area (TPSA) is 41.6 Å². The normalized spacial score (nSPS) is 21.7. The fourth-order valence-electron chi connectivity index (χ4n) is 3.35. The van der Waals surface area contributed by atoms with Crippen molar-refractivity contribution in [3.05, 3.63) is 21.4 Å². The minimum atomic E-state index is 0. The zero-order valence-corrected chi connectivity index (χ0v) is 15.0. The molecule has 2 fully saturated rings. The van der Waals surface area contributed by atoms with Crippen LogP contribution in [0.2, 0.25) is 0 Å². The fraction of sp³-hybridized carbons (Fsp3) is 0.706. The molecule has 0 unspecified atom stereocenters. The van der Waals surface area contributed by atoms with Gasteiger partial charge in [0.05, 0.1) is 18.1 Å². The molecule has 128 valence electrons. The monoisotopic (exact) mass is 356 g/mol. The molecule has 3 heterocycles. The van der Waals surface area contributed by atoms with Crippen LogP contribution in [-0.4, -0.2) is 43.1 Å². The number of nitrogens with zero attached hydrogens (tertiary/aromatic N) is 1. The number of likely N-dealkylation sites (tertiary alicyclic amines) is 1. The Morgan fingerprint density at radius 2 is 2.09 bits per heavy atom. The first-order valence-corrected chi connectivity index (χ1v) is 9.33. The van der Waals surface area contributed by atoms with Gasteiger partial charge >= 0.3 is 0 Å². The number of thiophene rings is 1. The Kier molecular flexibility index (Phi) is 5.62. The van der Waals surface area contributed by atoms with E-state index >= 15 is 0 Å². The van der Waals surface area contributed by atoms with Crippen LogP contribution < -0.4 is 5.32 Å². The number of piperidine rings is 1. The van der Waals surface area contributed by atoms with E-state index in [0.29, 0.717) is 12.6 Å². The molecule has 0 aromatic carbocycles. The highest BCUT2D eigenvalue weighted by atomic mass is 35.5. The standard InChI is InChI=1S/C17H24N2O2S.ClH/c20-17(16-9-13-11-21-8-5-15(13)22-16)19-6-3-14(4-7-19)18-10-12-1-2-12;/h9,12,14,18H,1-8,10-11H2;1H. The molecular weight excluding hydrogens is 332 g/mol. The Hall–Kier alpha value is -0.620. The van der Waals surface area contributed by atoms with Gasteiger partial charge in [0.1, 0.15) is 0 Å². The molecule has 1 saturated carbocycles. The number of carbonyl (C=O) groups excluding carboxylic acids is 1. The predicted molar refractivity (Wildman–Crippen MR) is 94.6 cm³/mol. The number of carbonyl (C=O) groups is 1. The summed E-state index contributed by atoms with van der Waals surface area (Å²) in [4.78, 5) is 17.0. The van der Waals surface area contributed by atoms with Crippen molar-refractivity contribution >= 4 is 29.7 Å². The lowest BCUT2D eigenvalue weighted by atomic mass is 10.0. The summed E-state index contributed by atoms with van der Waals surface area (Å²) in [6.07, 6.45) is 5.94. The van der Waals surface area contributed by atoms with Crippen LogP contribution in [0.5, 0.6) is 0 Å². The van der Waals surface area contributed by atoms with Gasteiger partial charge in [-0.05, 0) is 49.8 Å². The molecule has 1 N–H and O–H groups in total. The second-order valence-corrected chi connectivity index (χ2v) is 7.92. The number of rotatable bonds is 4. The first-order valence-electron chi connectivity index (χ1n) is 8.51. The minimum absolute atomic E-state index is 0. The van der Waals surface area contributed by atoms with Gasteiger partial charge in [0, 0.05) is 30.4 Å². The average molecular weight is 357 g/mol. The van der Waals surface area contributed by atoms with Gasteiger partial charge in [-0.3, -0.25) is 4.79 Å². The molecule has 6 heteroatoms. The fourth-order valence-corrected chi connectivity index (χ4v) is 4.47. The quantitative estimate of drug-likeness (QED) is 0.902. The van der Waals surface area contributed by atoms with Crippen LogP contribution in [0.4, 0.5) is 0 Å². The van der Waals surface area contributed by atoms with Crippen LogP contribution in [0.15, 0.2) is 6.07 Å². The number of amides is 1. The summed E-state index contributed by atoms with van der Waals surface area (Å²) in [5, 5.41) is 3.67. The van der Waals surface area contributed by atoms with Gasteiger partial charge in [-0.25, -0.2) is 0 Å².